The first-order valence-corrected chi connectivity index (χ1v) is 11.6. The molecule has 1 heterocycles. The SMILES string of the molecule is CCOCOc1cccc(C2(N3CCN(c4ccccc4)CC3)CCCCC2C)c1.Cl.Cl. The number of piperazine rings is 1. The smallest absolute Gasteiger partial charge is 0.189 e. The average Bonchev–Trinajstić information content (AvgIpc) is 2.81. The van der Waals surface area contributed by atoms with E-state index in [0.717, 1.165) is 31.9 Å². The molecule has 1 saturated heterocycles. The van der Waals surface area contributed by atoms with E-state index in [9.17, 15) is 0 Å². The van der Waals surface area contributed by atoms with Crippen LogP contribution in [0.5, 0.6) is 5.75 Å². The van der Waals surface area contributed by atoms with Crippen molar-refractivity contribution in [1.82, 2.24) is 4.90 Å². The standard InChI is InChI=1S/C26H36N2O2.2ClH/c1-3-29-21-30-25-14-9-11-23(20-25)26(15-8-7-10-22(26)2)28-18-16-27(17-19-28)24-12-5-4-6-13-24;;/h4-6,9,11-14,20,22H,3,7-8,10,15-19,21H2,1-2H3;2*1H. The molecule has 0 aromatic heterocycles. The van der Waals surface area contributed by atoms with Crippen molar-refractivity contribution in [2.24, 2.45) is 5.92 Å². The number of ether oxygens (including phenoxy) is 2. The van der Waals surface area contributed by atoms with Crippen LogP contribution in [0, 0.1) is 5.92 Å². The van der Waals surface area contributed by atoms with Gasteiger partial charge in [0.15, 0.2) is 6.79 Å². The van der Waals surface area contributed by atoms with E-state index >= 15 is 0 Å². The Morgan fingerprint density at radius 3 is 2.38 bits per heavy atom. The molecular formula is C26H38Cl2N2O2. The summed E-state index contributed by atoms with van der Waals surface area (Å²) in [6.45, 7) is 9.80. The van der Waals surface area contributed by atoms with Crippen molar-refractivity contribution < 1.29 is 9.47 Å². The number of benzene rings is 2. The molecule has 2 aromatic rings. The van der Waals surface area contributed by atoms with Crippen molar-refractivity contribution in [3.8, 4) is 5.75 Å². The Hall–Kier alpha value is -1.46. The van der Waals surface area contributed by atoms with Gasteiger partial charge in [-0.25, -0.2) is 0 Å². The molecule has 1 aliphatic heterocycles. The largest absolute Gasteiger partial charge is 0.468 e. The summed E-state index contributed by atoms with van der Waals surface area (Å²) in [4.78, 5) is 5.30. The monoisotopic (exact) mass is 480 g/mol. The number of para-hydroxylation sites is 1. The highest BCUT2D eigenvalue weighted by Crippen LogP contribution is 2.47. The predicted octanol–water partition coefficient (Wildman–Crippen LogP) is 6.13. The van der Waals surface area contributed by atoms with Gasteiger partial charge in [0.05, 0.1) is 0 Å². The molecule has 6 heteroatoms. The second-order valence-electron chi connectivity index (χ2n) is 8.66. The van der Waals surface area contributed by atoms with Crippen molar-refractivity contribution in [2.45, 2.75) is 45.1 Å². The van der Waals surface area contributed by atoms with Crippen LogP contribution >= 0.6 is 24.8 Å². The highest BCUT2D eigenvalue weighted by Gasteiger charge is 2.45. The van der Waals surface area contributed by atoms with E-state index in [4.69, 9.17) is 9.47 Å². The number of nitrogens with zero attached hydrogens (tertiary/aromatic N) is 2. The van der Waals surface area contributed by atoms with E-state index in [2.05, 4.69) is 71.3 Å². The first-order valence-electron chi connectivity index (χ1n) is 11.6. The van der Waals surface area contributed by atoms with Gasteiger partial charge in [-0.1, -0.05) is 50.1 Å². The summed E-state index contributed by atoms with van der Waals surface area (Å²) < 4.78 is 11.3. The van der Waals surface area contributed by atoms with Gasteiger partial charge in [0.2, 0.25) is 0 Å². The quantitative estimate of drug-likeness (QED) is 0.351. The van der Waals surface area contributed by atoms with Gasteiger partial charge in [-0.3, -0.25) is 4.90 Å². The van der Waals surface area contributed by atoms with Gasteiger partial charge in [-0.05, 0) is 55.5 Å². The number of rotatable bonds is 7. The Bertz CT molecular complexity index is 799. The molecule has 4 nitrogen and oxygen atoms in total. The van der Waals surface area contributed by atoms with Crippen LogP contribution in [0.3, 0.4) is 0 Å². The zero-order chi connectivity index (χ0) is 20.8. The number of anilines is 1. The fourth-order valence-electron chi connectivity index (χ4n) is 5.46. The summed E-state index contributed by atoms with van der Waals surface area (Å²) in [7, 11) is 0. The van der Waals surface area contributed by atoms with Gasteiger partial charge in [-0.2, -0.15) is 0 Å². The molecule has 2 aromatic carbocycles. The Kier molecular flexibility index (Phi) is 10.6. The molecule has 2 unspecified atom stereocenters. The van der Waals surface area contributed by atoms with Crippen LogP contribution in [0.2, 0.25) is 0 Å². The van der Waals surface area contributed by atoms with E-state index < -0.39 is 0 Å². The lowest BCUT2D eigenvalue weighted by atomic mass is 9.68. The summed E-state index contributed by atoms with van der Waals surface area (Å²) in [6.07, 6.45) is 5.16. The second-order valence-corrected chi connectivity index (χ2v) is 8.66. The highest BCUT2D eigenvalue weighted by molar-refractivity contribution is 5.85. The summed E-state index contributed by atoms with van der Waals surface area (Å²) in [5.41, 5.74) is 2.86. The predicted molar refractivity (Wildman–Crippen MR) is 138 cm³/mol. The first kappa shape index (κ1) is 26.8. The molecule has 2 aliphatic rings. The van der Waals surface area contributed by atoms with Gasteiger partial charge in [-0.15, -0.1) is 24.8 Å². The van der Waals surface area contributed by atoms with Crippen molar-refractivity contribution in [2.75, 3.05) is 44.5 Å². The second kappa shape index (κ2) is 12.7. The Morgan fingerprint density at radius 2 is 1.69 bits per heavy atom. The summed E-state index contributed by atoms with van der Waals surface area (Å²) >= 11 is 0. The topological polar surface area (TPSA) is 24.9 Å². The molecule has 178 valence electrons. The van der Waals surface area contributed by atoms with E-state index in [1.807, 2.05) is 6.92 Å². The minimum absolute atomic E-state index is 0. The molecule has 2 fully saturated rings. The lowest BCUT2D eigenvalue weighted by Gasteiger charge is -2.53. The van der Waals surface area contributed by atoms with E-state index in [1.165, 1.54) is 36.9 Å². The zero-order valence-electron chi connectivity index (χ0n) is 19.4. The molecule has 32 heavy (non-hydrogen) atoms. The van der Waals surface area contributed by atoms with Crippen LogP contribution in [-0.2, 0) is 10.3 Å². The van der Waals surface area contributed by atoms with Crippen LogP contribution in [-0.4, -0.2) is 44.5 Å². The average molecular weight is 482 g/mol. The fourth-order valence-corrected chi connectivity index (χ4v) is 5.46. The summed E-state index contributed by atoms with van der Waals surface area (Å²) in [6, 6.07) is 19.6. The first-order chi connectivity index (χ1) is 14.7. The van der Waals surface area contributed by atoms with Crippen molar-refractivity contribution in [3.05, 3.63) is 60.2 Å². The van der Waals surface area contributed by atoms with Crippen LogP contribution in [0.4, 0.5) is 5.69 Å². The van der Waals surface area contributed by atoms with Crippen LogP contribution in [0.15, 0.2) is 54.6 Å². The molecule has 0 amide bonds. The minimum Gasteiger partial charge on any atom is -0.468 e. The normalized spacial score (nSPS) is 23.7. The zero-order valence-corrected chi connectivity index (χ0v) is 21.0. The van der Waals surface area contributed by atoms with E-state index in [0.29, 0.717) is 19.3 Å². The summed E-state index contributed by atoms with van der Waals surface area (Å²) in [5, 5.41) is 0. The van der Waals surface area contributed by atoms with Gasteiger partial charge in [0.1, 0.15) is 5.75 Å². The highest BCUT2D eigenvalue weighted by atomic mass is 35.5. The maximum Gasteiger partial charge on any atom is 0.189 e. The fraction of sp³-hybridized carbons (Fsp3) is 0.538. The lowest BCUT2D eigenvalue weighted by molar-refractivity contribution is -0.00313. The summed E-state index contributed by atoms with van der Waals surface area (Å²) in [5.74, 6) is 1.55. The van der Waals surface area contributed by atoms with Crippen LogP contribution < -0.4 is 9.64 Å². The Morgan fingerprint density at radius 1 is 0.938 bits per heavy atom. The van der Waals surface area contributed by atoms with E-state index in [1.54, 1.807) is 0 Å². The van der Waals surface area contributed by atoms with Crippen molar-refractivity contribution >= 4 is 30.5 Å². The van der Waals surface area contributed by atoms with Gasteiger partial charge < -0.3 is 14.4 Å². The van der Waals surface area contributed by atoms with Crippen molar-refractivity contribution in [1.29, 1.82) is 0 Å². The number of hydrogen-bond acceptors (Lipinski definition) is 4. The van der Waals surface area contributed by atoms with Gasteiger partial charge in [0.25, 0.3) is 0 Å². The molecule has 0 radical (unpaired) electrons. The number of halogens is 2. The number of hydrogen-bond donors (Lipinski definition) is 0. The molecule has 2 atom stereocenters. The Balaban J connectivity index is 0.00000181. The molecule has 0 bridgehead atoms. The third kappa shape index (κ3) is 5.72. The maximum atomic E-state index is 5.87. The molecule has 1 saturated carbocycles. The maximum absolute atomic E-state index is 5.87. The van der Waals surface area contributed by atoms with Crippen LogP contribution in [0.25, 0.3) is 0 Å². The third-order valence-electron chi connectivity index (χ3n) is 7.07. The van der Waals surface area contributed by atoms with Crippen LogP contribution in [0.1, 0.15) is 45.1 Å². The Labute approximate surface area is 206 Å². The molecule has 0 spiro atoms. The van der Waals surface area contributed by atoms with Crippen molar-refractivity contribution in [3.63, 3.8) is 0 Å². The van der Waals surface area contributed by atoms with Gasteiger partial charge >= 0.3 is 0 Å². The molecule has 1 aliphatic carbocycles. The molecular weight excluding hydrogens is 443 g/mol. The lowest BCUT2D eigenvalue weighted by Crippen LogP contribution is -2.59. The minimum atomic E-state index is 0. The molecule has 4 rings (SSSR count). The molecule has 0 N–H and O–H groups in total. The van der Waals surface area contributed by atoms with Gasteiger partial charge in [0, 0.05) is 44.0 Å². The van der Waals surface area contributed by atoms with E-state index in [-0.39, 0.29) is 30.4 Å². The third-order valence-corrected chi connectivity index (χ3v) is 7.07.